The van der Waals surface area contributed by atoms with Crippen molar-refractivity contribution in [1.82, 2.24) is 9.97 Å². The molecule has 0 radical (unpaired) electrons. The summed E-state index contributed by atoms with van der Waals surface area (Å²) in [7, 11) is 1.51. The van der Waals surface area contributed by atoms with Crippen LogP contribution in [0.15, 0.2) is 30.6 Å². The monoisotopic (exact) mass is 316 g/mol. The maximum absolute atomic E-state index is 11.9. The summed E-state index contributed by atoms with van der Waals surface area (Å²) >= 11 is 0. The summed E-state index contributed by atoms with van der Waals surface area (Å²) in [6.07, 6.45) is 3.51. The standard InChI is InChI=1S/C16H20N4O3/c1-10(2)8-14(21)20-12-5-4-11(9-13(12)23-3)19-16(22)15-17-6-7-18-15/h4-7,9-10H,8H2,1-3H3,(H,17,18)(H,19,22)(H,20,21). The summed E-state index contributed by atoms with van der Waals surface area (Å²) in [6.45, 7) is 3.95. The van der Waals surface area contributed by atoms with Crippen molar-refractivity contribution in [3.63, 3.8) is 0 Å². The highest BCUT2D eigenvalue weighted by Crippen LogP contribution is 2.28. The number of hydrogen-bond donors (Lipinski definition) is 3. The zero-order chi connectivity index (χ0) is 16.8. The first-order valence-corrected chi connectivity index (χ1v) is 7.28. The minimum Gasteiger partial charge on any atom is -0.494 e. The van der Waals surface area contributed by atoms with Crippen LogP contribution in [0.5, 0.6) is 5.75 Å². The van der Waals surface area contributed by atoms with Gasteiger partial charge in [-0.3, -0.25) is 9.59 Å². The number of aromatic amines is 1. The van der Waals surface area contributed by atoms with E-state index in [1.807, 2.05) is 13.8 Å². The molecule has 1 aromatic heterocycles. The van der Waals surface area contributed by atoms with Crippen molar-refractivity contribution >= 4 is 23.2 Å². The molecule has 23 heavy (non-hydrogen) atoms. The minimum atomic E-state index is -0.353. The Bertz CT molecular complexity index is 681. The normalized spacial score (nSPS) is 10.4. The van der Waals surface area contributed by atoms with E-state index in [2.05, 4.69) is 20.6 Å². The number of H-pyrrole nitrogens is 1. The van der Waals surface area contributed by atoms with Crippen LogP contribution in [0.4, 0.5) is 11.4 Å². The van der Waals surface area contributed by atoms with Crippen molar-refractivity contribution in [1.29, 1.82) is 0 Å². The van der Waals surface area contributed by atoms with Gasteiger partial charge in [-0.25, -0.2) is 4.98 Å². The molecule has 122 valence electrons. The fourth-order valence-corrected chi connectivity index (χ4v) is 2.02. The molecule has 7 nitrogen and oxygen atoms in total. The van der Waals surface area contributed by atoms with Crippen LogP contribution >= 0.6 is 0 Å². The second-order valence-corrected chi connectivity index (χ2v) is 5.45. The van der Waals surface area contributed by atoms with E-state index in [9.17, 15) is 9.59 Å². The van der Waals surface area contributed by atoms with Crippen LogP contribution in [0, 0.1) is 5.92 Å². The fraction of sp³-hybridized carbons (Fsp3) is 0.312. The molecule has 1 heterocycles. The highest BCUT2D eigenvalue weighted by Gasteiger charge is 2.12. The zero-order valence-electron chi connectivity index (χ0n) is 13.3. The maximum atomic E-state index is 11.9. The molecular weight excluding hydrogens is 296 g/mol. The Kier molecular flexibility index (Phi) is 5.35. The van der Waals surface area contributed by atoms with Crippen molar-refractivity contribution in [2.24, 2.45) is 5.92 Å². The third-order valence-corrected chi connectivity index (χ3v) is 3.04. The highest BCUT2D eigenvalue weighted by molar-refractivity contribution is 6.02. The molecule has 7 heteroatoms. The molecule has 0 saturated heterocycles. The number of amides is 2. The Morgan fingerprint density at radius 2 is 2.09 bits per heavy atom. The van der Waals surface area contributed by atoms with Gasteiger partial charge < -0.3 is 20.4 Å². The maximum Gasteiger partial charge on any atom is 0.291 e. The molecule has 2 rings (SSSR count). The average Bonchev–Trinajstić information content (AvgIpc) is 3.02. The van der Waals surface area contributed by atoms with E-state index in [-0.39, 0.29) is 23.6 Å². The van der Waals surface area contributed by atoms with Crippen LogP contribution < -0.4 is 15.4 Å². The molecule has 1 aromatic carbocycles. The molecule has 2 amide bonds. The summed E-state index contributed by atoms with van der Waals surface area (Å²) in [5.41, 5.74) is 1.11. The molecule has 2 aromatic rings. The van der Waals surface area contributed by atoms with E-state index in [0.29, 0.717) is 23.5 Å². The molecule has 0 fully saturated rings. The molecule has 0 aliphatic heterocycles. The van der Waals surface area contributed by atoms with E-state index in [1.165, 1.54) is 13.3 Å². The molecule has 0 aliphatic rings. The van der Waals surface area contributed by atoms with Gasteiger partial charge in [-0.15, -0.1) is 0 Å². The molecule has 0 unspecified atom stereocenters. The van der Waals surface area contributed by atoms with Gasteiger partial charge in [0.1, 0.15) is 5.75 Å². The van der Waals surface area contributed by atoms with Crippen LogP contribution in [0.1, 0.15) is 30.9 Å². The van der Waals surface area contributed by atoms with Gasteiger partial charge >= 0.3 is 0 Å². The minimum absolute atomic E-state index is 0.0781. The number of benzene rings is 1. The smallest absolute Gasteiger partial charge is 0.291 e. The van der Waals surface area contributed by atoms with Gasteiger partial charge in [0.05, 0.1) is 12.8 Å². The van der Waals surface area contributed by atoms with Gasteiger partial charge in [0.15, 0.2) is 5.82 Å². The lowest BCUT2D eigenvalue weighted by atomic mass is 10.1. The third-order valence-electron chi connectivity index (χ3n) is 3.04. The van der Waals surface area contributed by atoms with Crippen LogP contribution in [0.25, 0.3) is 0 Å². The average molecular weight is 316 g/mol. The molecule has 3 N–H and O–H groups in total. The number of carbonyl (C=O) groups excluding carboxylic acids is 2. The van der Waals surface area contributed by atoms with E-state index in [1.54, 1.807) is 24.4 Å². The van der Waals surface area contributed by atoms with Gasteiger partial charge in [0, 0.05) is 30.6 Å². The predicted octanol–water partition coefficient (Wildman–Crippen LogP) is 2.66. The van der Waals surface area contributed by atoms with Crippen molar-refractivity contribution in [2.45, 2.75) is 20.3 Å². The largest absolute Gasteiger partial charge is 0.494 e. The van der Waals surface area contributed by atoms with Gasteiger partial charge in [-0.1, -0.05) is 13.8 Å². The van der Waals surface area contributed by atoms with E-state index >= 15 is 0 Å². The summed E-state index contributed by atoms with van der Waals surface area (Å²) in [5.74, 6) is 0.532. The predicted molar refractivity (Wildman–Crippen MR) is 87.6 cm³/mol. The fourth-order valence-electron chi connectivity index (χ4n) is 2.02. The number of imidazole rings is 1. The summed E-state index contributed by atoms with van der Waals surface area (Å²) in [5, 5.41) is 5.51. The van der Waals surface area contributed by atoms with Crippen molar-refractivity contribution < 1.29 is 14.3 Å². The topological polar surface area (TPSA) is 96.1 Å². The van der Waals surface area contributed by atoms with E-state index in [4.69, 9.17) is 4.74 Å². The Labute approximate surface area is 134 Å². The zero-order valence-corrected chi connectivity index (χ0v) is 13.3. The summed E-state index contributed by atoms with van der Waals surface area (Å²) in [4.78, 5) is 30.4. The lowest BCUT2D eigenvalue weighted by Crippen LogP contribution is -2.15. The highest BCUT2D eigenvalue weighted by atomic mass is 16.5. The van der Waals surface area contributed by atoms with Gasteiger partial charge in [0.25, 0.3) is 5.91 Å². The van der Waals surface area contributed by atoms with Gasteiger partial charge in [-0.2, -0.15) is 0 Å². The lowest BCUT2D eigenvalue weighted by molar-refractivity contribution is -0.116. The summed E-state index contributed by atoms with van der Waals surface area (Å²) in [6, 6.07) is 5.02. The SMILES string of the molecule is COc1cc(NC(=O)c2ncc[nH]2)ccc1NC(=O)CC(C)C. The van der Waals surface area contributed by atoms with Gasteiger partial charge in [0.2, 0.25) is 5.91 Å². The molecule has 0 spiro atoms. The first-order valence-electron chi connectivity index (χ1n) is 7.28. The van der Waals surface area contributed by atoms with Crippen LogP contribution in [0.3, 0.4) is 0 Å². The van der Waals surface area contributed by atoms with Gasteiger partial charge in [-0.05, 0) is 18.1 Å². The van der Waals surface area contributed by atoms with Crippen LogP contribution in [-0.2, 0) is 4.79 Å². The number of anilines is 2. The quantitative estimate of drug-likeness (QED) is 0.763. The molecule has 0 aliphatic carbocycles. The van der Waals surface area contributed by atoms with E-state index in [0.717, 1.165) is 0 Å². The Hall–Kier alpha value is -2.83. The first kappa shape index (κ1) is 16.5. The Morgan fingerprint density at radius 3 is 2.70 bits per heavy atom. The number of rotatable bonds is 6. The Morgan fingerprint density at radius 1 is 1.30 bits per heavy atom. The summed E-state index contributed by atoms with van der Waals surface area (Å²) < 4.78 is 5.27. The van der Waals surface area contributed by atoms with Crippen molar-refractivity contribution in [2.75, 3.05) is 17.7 Å². The number of ether oxygens (including phenoxy) is 1. The molecule has 0 atom stereocenters. The van der Waals surface area contributed by atoms with Crippen molar-refractivity contribution in [3.05, 3.63) is 36.4 Å². The molecule has 0 bridgehead atoms. The Balaban J connectivity index is 2.10. The molecular formula is C16H20N4O3. The van der Waals surface area contributed by atoms with Crippen LogP contribution in [0.2, 0.25) is 0 Å². The molecule has 0 saturated carbocycles. The number of hydrogen-bond acceptors (Lipinski definition) is 4. The number of methoxy groups -OCH3 is 1. The number of carbonyl (C=O) groups is 2. The second kappa shape index (κ2) is 7.44. The number of nitrogens with one attached hydrogen (secondary N) is 3. The number of nitrogens with zero attached hydrogens (tertiary/aromatic N) is 1. The van der Waals surface area contributed by atoms with Crippen molar-refractivity contribution in [3.8, 4) is 5.75 Å². The second-order valence-electron chi connectivity index (χ2n) is 5.45. The number of aromatic nitrogens is 2. The van der Waals surface area contributed by atoms with E-state index < -0.39 is 0 Å². The third kappa shape index (κ3) is 4.57. The lowest BCUT2D eigenvalue weighted by Gasteiger charge is -2.13. The first-order chi connectivity index (χ1) is 11.0. The van der Waals surface area contributed by atoms with Crippen LogP contribution in [-0.4, -0.2) is 28.9 Å².